The van der Waals surface area contributed by atoms with Crippen molar-refractivity contribution in [2.75, 3.05) is 32.7 Å². The SMILES string of the molecule is COc1ccc(C(=O)OCC(=O)[C@H](C[C@@H]2CCNC2=O)N2C(=O)[C@@H](NC(=O)C3Cc4c(cccc4OC)N3)CC2C)cc1. The number of ketones is 1. The van der Waals surface area contributed by atoms with Crippen LogP contribution in [0, 0.1) is 5.92 Å². The van der Waals surface area contributed by atoms with Crippen LogP contribution in [0.25, 0.3) is 0 Å². The summed E-state index contributed by atoms with van der Waals surface area (Å²) in [7, 11) is 3.08. The second kappa shape index (κ2) is 12.7. The Kier molecular flexibility index (Phi) is 8.84. The highest BCUT2D eigenvalue weighted by Gasteiger charge is 2.46. The average Bonchev–Trinajstić information content (AvgIpc) is 3.71. The Hall–Kier alpha value is -4.61. The van der Waals surface area contributed by atoms with Gasteiger partial charge >= 0.3 is 5.97 Å². The summed E-state index contributed by atoms with van der Waals surface area (Å²) in [4.78, 5) is 67.0. The standard InChI is InChI=1S/C31H36N4O8/c1-17-13-24(34-29(38)23-15-21-22(33-23)5-4-6-27(21)42-3)30(39)35(17)25(14-19-11-12-32-28(19)37)26(36)16-43-31(40)18-7-9-20(41-2)10-8-18/h4-10,17,19,23-25,33H,11-16H2,1-3H3,(H,32,37)(H,34,38)/t17?,19-,23?,24-,25-/m0/s1. The van der Waals surface area contributed by atoms with E-state index in [4.69, 9.17) is 14.2 Å². The minimum absolute atomic E-state index is 0.0980. The van der Waals surface area contributed by atoms with Crippen LogP contribution in [0.2, 0.25) is 0 Å². The van der Waals surface area contributed by atoms with Crippen LogP contribution in [0.3, 0.4) is 0 Å². The molecule has 3 aliphatic rings. The third-order valence-electron chi connectivity index (χ3n) is 8.38. The maximum Gasteiger partial charge on any atom is 0.338 e. The van der Waals surface area contributed by atoms with Gasteiger partial charge in [0.05, 0.1) is 25.8 Å². The lowest BCUT2D eigenvalue weighted by Gasteiger charge is -2.32. The molecule has 228 valence electrons. The van der Waals surface area contributed by atoms with Gasteiger partial charge in [0, 0.05) is 36.2 Å². The molecule has 0 saturated carbocycles. The summed E-state index contributed by atoms with van der Waals surface area (Å²) in [6.07, 6.45) is 1.33. The van der Waals surface area contributed by atoms with Crippen molar-refractivity contribution in [2.45, 2.75) is 56.8 Å². The molecule has 3 heterocycles. The second-order valence-corrected chi connectivity index (χ2v) is 11.1. The van der Waals surface area contributed by atoms with Crippen molar-refractivity contribution in [3.05, 3.63) is 53.6 Å². The Balaban J connectivity index is 1.26. The molecule has 2 unspecified atom stereocenters. The predicted molar refractivity (Wildman–Crippen MR) is 155 cm³/mol. The Bertz CT molecular complexity index is 1410. The summed E-state index contributed by atoms with van der Waals surface area (Å²) >= 11 is 0. The van der Waals surface area contributed by atoms with E-state index in [1.165, 1.54) is 24.1 Å². The number of hydrogen-bond acceptors (Lipinski definition) is 9. The fourth-order valence-electron chi connectivity index (χ4n) is 6.09. The van der Waals surface area contributed by atoms with Crippen molar-refractivity contribution in [1.82, 2.24) is 15.5 Å². The minimum Gasteiger partial charge on any atom is -0.497 e. The molecule has 0 aromatic heterocycles. The molecule has 0 radical (unpaired) electrons. The van der Waals surface area contributed by atoms with E-state index in [1.807, 2.05) is 18.2 Å². The molecule has 2 fully saturated rings. The van der Waals surface area contributed by atoms with Gasteiger partial charge in [0.2, 0.25) is 17.7 Å². The number of fused-ring (bicyclic) bond motifs is 1. The fraction of sp³-hybridized carbons (Fsp3) is 0.452. The van der Waals surface area contributed by atoms with Gasteiger partial charge in [0.25, 0.3) is 0 Å². The van der Waals surface area contributed by atoms with Crippen LogP contribution in [0.1, 0.15) is 42.1 Å². The summed E-state index contributed by atoms with van der Waals surface area (Å²) in [5.41, 5.74) is 1.94. The zero-order chi connectivity index (χ0) is 30.7. The van der Waals surface area contributed by atoms with Gasteiger partial charge < -0.3 is 35.1 Å². The number of esters is 1. The van der Waals surface area contributed by atoms with E-state index >= 15 is 0 Å². The lowest BCUT2D eigenvalue weighted by molar-refractivity contribution is -0.142. The molecule has 3 N–H and O–H groups in total. The Morgan fingerprint density at radius 2 is 1.84 bits per heavy atom. The number of amides is 3. The topological polar surface area (TPSA) is 152 Å². The molecule has 3 aliphatic heterocycles. The largest absolute Gasteiger partial charge is 0.497 e. The first kappa shape index (κ1) is 29.9. The summed E-state index contributed by atoms with van der Waals surface area (Å²) in [6.45, 7) is 1.72. The number of carbonyl (C=O) groups is 5. The van der Waals surface area contributed by atoms with Gasteiger partial charge in [-0.3, -0.25) is 19.2 Å². The number of hydrogen-bond donors (Lipinski definition) is 3. The van der Waals surface area contributed by atoms with E-state index in [-0.39, 0.29) is 23.8 Å². The van der Waals surface area contributed by atoms with Crippen molar-refractivity contribution in [3.63, 3.8) is 0 Å². The number of likely N-dealkylation sites (tertiary alicyclic amines) is 1. The Morgan fingerprint density at radius 1 is 1.07 bits per heavy atom. The molecule has 0 spiro atoms. The molecular weight excluding hydrogens is 556 g/mol. The number of methoxy groups -OCH3 is 2. The van der Waals surface area contributed by atoms with Crippen LogP contribution in [-0.4, -0.2) is 85.9 Å². The molecule has 2 aromatic carbocycles. The lowest BCUT2D eigenvalue weighted by Crippen LogP contribution is -2.52. The Labute approximate surface area is 249 Å². The molecule has 5 atom stereocenters. The average molecular weight is 593 g/mol. The first-order valence-corrected chi connectivity index (χ1v) is 14.4. The molecule has 2 aromatic rings. The van der Waals surface area contributed by atoms with Crippen LogP contribution < -0.4 is 25.4 Å². The number of benzene rings is 2. The summed E-state index contributed by atoms with van der Waals surface area (Å²) in [6, 6.07) is 8.97. The van der Waals surface area contributed by atoms with Crippen LogP contribution in [-0.2, 0) is 30.3 Å². The van der Waals surface area contributed by atoms with Crippen LogP contribution in [0.4, 0.5) is 5.69 Å². The summed E-state index contributed by atoms with van der Waals surface area (Å²) < 4.78 is 15.8. The number of carbonyl (C=O) groups excluding carboxylic acids is 5. The Morgan fingerprint density at radius 3 is 2.51 bits per heavy atom. The fourth-order valence-corrected chi connectivity index (χ4v) is 6.09. The first-order chi connectivity index (χ1) is 20.7. The van der Waals surface area contributed by atoms with E-state index in [1.54, 1.807) is 26.2 Å². The highest BCUT2D eigenvalue weighted by atomic mass is 16.5. The zero-order valence-corrected chi connectivity index (χ0v) is 24.4. The van der Waals surface area contributed by atoms with E-state index in [9.17, 15) is 24.0 Å². The van der Waals surface area contributed by atoms with Crippen LogP contribution >= 0.6 is 0 Å². The van der Waals surface area contributed by atoms with Crippen molar-refractivity contribution < 1.29 is 38.2 Å². The van der Waals surface area contributed by atoms with E-state index < -0.39 is 54.4 Å². The van der Waals surface area contributed by atoms with Gasteiger partial charge in [-0.1, -0.05) is 6.07 Å². The third kappa shape index (κ3) is 6.27. The van der Waals surface area contributed by atoms with Gasteiger partial charge in [0.1, 0.15) is 23.6 Å². The number of nitrogens with one attached hydrogen (secondary N) is 3. The monoisotopic (exact) mass is 592 g/mol. The van der Waals surface area contributed by atoms with Crippen molar-refractivity contribution >= 4 is 35.2 Å². The van der Waals surface area contributed by atoms with Crippen molar-refractivity contribution in [2.24, 2.45) is 5.92 Å². The van der Waals surface area contributed by atoms with E-state index in [2.05, 4.69) is 16.0 Å². The van der Waals surface area contributed by atoms with Gasteiger partial charge in [-0.05, 0) is 62.6 Å². The molecule has 0 aliphatic carbocycles. The number of anilines is 1. The smallest absolute Gasteiger partial charge is 0.338 e. The summed E-state index contributed by atoms with van der Waals surface area (Å²) in [5, 5.41) is 8.82. The number of nitrogens with zero attached hydrogens (tertiary/aromatic N) is 1. The molecular formula is C31H36N4O8. The van der Waals surface area contributed by atoms with Gasteiger partial charge in [-0.15, -0.1) is 0 Å². The number of Topliss-reactive ketones (excluding diaryl/α,β-unsaturated/α-hetero) is 1. The normalized spacial score (nSPS) is 23.2. The number of ether oxygens (including phenoxy) is 3. The molecule has 2 saturated heterocycles. The van der Waals surface area contributed by atoms with Crippen molar-refractivity contribution in [3.8, 4) is 11.5 Å². The molecule has 5 rings (SSSR count). The molecule has 12 nitrogen and oxygen atoms in total. The van der Waals surface area contributed by atoms with E-state index in [0.29, 0.717) is 37.3 Å². The van der Waals surface area contributed by atoms with Gasteiger partial charge in [-0.25, -0.2) is 4.79 Å². The maximum atomic E-state index is 13.7. The predicted octanol–water partition coefficient (Wildman–Crippen LogP) is 1.47. The van der Waals surface area contributed by atoms with Crippen LogP contribution in [0.15, 0.2) is 42.5 Å². The van der Waals surface area contributed by atoms with Gasteiger partial charge in [0.15, 0.2) is 12.4 Å². The molecule has 3 amide bonds. The van der Waals surface area contributed by atoms with E-state index in [0.717, 1.165) is 11.3 Å². The molecule has 0 bridgehead atoms. The molecule has 12 heteroatoms. The summed E-state index contributed by atoms with van der Waals surface area (Å²) in [5.74, 6) is -1.32. The third-order valence-corrected chi connectivity index (χ3v) is 8.38. The van der Waals surface area contributed by atoms with Crippen LogP contribution in [0.5, 0.6) is 11.5 Å². The highest BCUT2D eigenvalue weighted by Crippen LogP contribution is 2.34. The first-order valence-electron chi connectivity index (χ1n) is 14.4. The molecule has 43 heavy (non-hydrogen) atoms. The zero-order valence-electron chi connectivity index (χ0n) is 24.4. The number of rotatable bonds is 11. The van der Waals surface area contributed by atoms with Gasteiger partial charge in [-0.2, -0.15) is 0 Å². The maximum absolute atomic E-state index is 13.7. The highest BCUT2D eigenvalue weighted by molar-refractivity contribution is 5.98. The lowest BCUT2D eigenvalue weighted by atomic mass is 9.94. The second-order valence-electron chi connectivity index (χ2n) is 11.1. The quantitative estimate of drug-likeness (QED) is 0.329. The van der Waals surface area contributed by atoms with Crippen molar-refractivity contribution in [1.29, 1.82) is 0 Å². The minimum atomic E-state index is -1.000.